The SMILES string of the molecule is CC(C)(N)C(C)(C)C(=O)Nc1cc2c(cc1Br)OCCO2. The average Bonchev–Trinajstić information content (AvgIpc) is 2.38. The molecule has 0 bridgehead atoms. The Bertz CT molecular complexity index is 565. The largest absolute Gasteiger partial charge is 0.486 e. The van der Waals surface area contributed by atoms with Crippen LogP contribution in [0.2, 0.25) is 0 Å². The van der Waals surface area contributed by atoms with Gasteiger partial charge in [-0.25, -0.2) is 0 Å². The summed E-state index contributed by atoms with van der Waals surface area (Å²) in [5.41, 5.74) is 5.38. The average molecular weight is 357 g/mol. The van der Waals surface area contributed by atoms with Crippen molar-refractivity contribution in [3.63, 3.8) is 0 Å². The van der Waals surface area contributed by atoms with Crippen molar-refractivity contribution >= 4 is 27.5 Å². The van der Waals surface area contributed by atoms with Crippen molar-refractivity contribution in [2.75, 3.05) is 18.5 Å². The Morgan fingerprint density at radius 2 is 1.71 bits per heavy atom. The molecule has 0 spiro atoms. The van der Waals surface area contributed by atoms with E-state index in [-0.39, 0.29) is 5.91 Å². The van der Waals surface area contributed by atoms with E-state index in [1.165, 1.54) is 0 Å². The standard InChI is InChI=1S/C15H21BrN2O3/c1-14(2,15(3,4)17)13(19)18-10-8-12-11(7-9(10)16)20-5-6-21-12/h7-8H,5-6,17H2,1-4H3,(H,18,19). The number of nitrogens with two attached hydrogens (primary N) is 1. The number of anilines is 1. The molecular formula is C15H21BrN2O3. The number of rotatable bonds is 3. The molecule has 0 radical (unpaired) electrons. The van der Waals surface area contributed by atoms with Crippen molar-refractivity contribution in [2.24, 2.45) is 11.1 Å². The zero-order chi connectivity index (χ0) is 15.8. The summed E-state index contributed by atoms with van der Waals surface area (Å²) < 4.78 is 11.8. The van der Waals surface area contributed by atoms with E-state index in [1.807, 2.05) is 27.7 Å². The van der Waals surface area contributed by atoms with Gasteiger partial charge in [0.2, 0.25) is 5.91 Å². The van der Waals surface area contributed by atoms with E-state index in [9.17, 15) is 4.79 Å². The molecule has 0 unspecified atom stereocenters. The van der Waals surface area contributed by atoms with Gasteiger partial charge < -0.3 is 20.5 Å². The second kappa shape index (κ2) is 5.50. The van der Waals surface area contributed by atoms with E-state index < -0.39 is 11.0 Å². The summed E-state index contributed by atoms with van der Waals surface area (Å²) in [7, 11) is 0. The number of hydrogen-bond acceptors (Lipinski definition) is 4. The molecular weight excluding hydrogens is 336 g/mol. The molecule has 3 N–H and O–H groups in total. The van der Waals surface area contributed by atoms with Gasteiger partial charge in [-0.3, -0.25) is 4.79 Å². The van der Waals surface area contributed by atoms with Crippen LogP contribution in [-0.4, -0.2) is 24.7 Å². The second-order valence-corrected chi connectivity index (χ2v) is 7.13. The number of amides is 1. The van der Waals surface area contributed by atoms with E-state index in [1.54, 1.807) is 12.1 Å². The van der Waals surface area contributed by atoms with E-state index in [4.69, 9.17) is 15.2 Å². The molecule has 2 rings (SSSR count). The van der Waals surface area contributed by atoms with Crippen molar-refractivity contribution in [3.05, 3.63) is 16.6 Å². The number of halogens is 1. The molecule has 0 aliphatic carbocycles. The fraction of sp³-hybridized carbons (Fsp3) is 0.533. The topological polar surface area (TPSA) is 73.6 Å². The lowest BCUT2D eigenvalue weighted by molar-refractivity contribution is -0.126. The van der Waals surface area contributed by atoms with Gasteiger partial charge in [-0.05, 0) is 43.6 Å². The maximum atomic E-state index is 12.5. The Hall–Kier alpha value is -1.27. The molecule has 1 aliphatic heterocycles. The summed E-state index contributed by atoms with van der Waals surface area (Å²) in [6.45, 7) is 8.36. The zero-order valence-corrected chi connectivity index (χ0v) is 14.3. The van der Waals surface area contributed by atoms with Gasteiger partial charge in [-0.15, -0.1) is 0 Å². The van der Waals surface area contributed by atoms with Crippen LogP contribution in [0.5, 0.6) is 11.5 Å². The molecule has 0 fully saturated rings. The van der Waals surface area contributed by atoms with Gasteiger partial charge in [-0.2, -0.15) is 0 Å². The summed E-state index contributed by atoms with van der Waals surface area (Å²) in [5, 5.41) is 2.91. The minimum atomic E-state index is -0.723. The first kappa shape index (κ1) is 16.1. The van der Waals surface area contributed by atoms with E-state index >= 15 is 0 Å². The molecule has 5 nitrogen and oxygen atoms in total. The lowest BCUT2D eigenvalue weighted by atomic mass is 9.74. The zero-order valence-electron chi connectivity index (χ0n) is 12.7. The van der Waals surface area contributed by atoms with Gasteiger partial charge in [0.25, 0.3) is 0 Å². The fourth-order valence-electron chi connectivity index (χ4n) is 1.73. The maximum absolute atomic E-state index is 12.5. The molecule has 116 valence electrons. The van der Waals surface area contributed by atoms with E-state index in [2.05, 4.69) is 21.2 Å². The number of hydrogen-bond donors (Lipinski definition) is 2. The molecule has 21 heavy (non-hydrogen) atoms. The van der Waals surface area contributed by atoms with Crippen LogP contribution < -0.4 is 20.5 Å². The van der Waals surface area contributed by atoms with Crippen molar-refractivity contribution in [3.8, 4) is 11.5 Å². The quantitative estimate of drug-likeness (QED) is 0.872. The van der Waals surface area contributed by atoms with E-state index in [0.717, 1.165) is 4.47 Å². The van der Waals surface area contributed by atoms with Crippen molar-refractivity contribution in [1.82, 2.24) is 0 Å². The summed E-state index contributed by atoms with van der Waals surface area (Å²) in [6.07, 6.45) is 0. The number of carbonyl (C=O) groups excluding carboxylic acids is 1. The lowest BCUT2D eigenvalue weighted by Gasteiger charge is -2.37. The van der Waals surface area contributed by atoms with Gasteiger partial charge >= 0.3 is 0 Å². The predicted molar refractivity (Wildman–Crippen MR) is 85.8 cm³/mol. The van der Waals surface area contributed by atoms with Gasteiger partial charge in [0.1, 0.15) is 13.2 Å². The van der Waals surface area contributed by atoms with E-state index in [0.29, 0.717) is 30.4 Å². The van der Waals surface area contributed by atoms with Gasteiger partial charge in [0, 0.05) is 22.1 Å². The molecule has 0 aromatic heterocycles. The second-order valence-electron chi connectivity index (χ2n) is 6.28. The van der Waals surface area contributed by atoms with Crippen LogP contribution in [0.15, 0.2) is 16.6 Å². The molecule has 1 aromatic carbocycles. The first-order valence-corrected chi connectivity index (χ1v) is 7.62. The molecule has 6 heteroatoms. The number of carbonyl (C=O) groups is 1. The lowest BCUT2D eigenvalue weighted by Crippen LogP contribution is -2.53. The summed E-state index contributed by atoms with van der Waals surface area (Å²) >= 11 is 3.44. The Kier molecular flexibility index (Phi) is 4.22. The van der Waals surface area contributed by atoms with Crippen LogP contribution in [0.4, 0.5) is 5.69 Å². The highest BCUT2D eigenvalue weighted by atomic mass is 79.9. The molecule has 1 aliphatic rings. The highest BCUT2D eigenvalue weighted by Gasteiger charge is 2.40. The first-order chi connectivity index (χ1) is 9.63. The predicted octanol–water partition coefficient (Wildman–Crippen LogP) is 2.92. The normalized spacial score (nSPS) is 14.8. The number of benzene rings is 1. The first-order valence-electron chi connectivity index (χ1n) is 6.82. The highest BCUT2D eigenvalue weighted by Crippen LogP contribution is 2.39. The van der Waals surface area contributed by atoms with Crippen LogP contribution >= 0.6 is 15.9 Å². The number of fused-ring (bicyclic) bond motifs is 1. The molecule has 0 saturated heterocycles. The molecule has 1 heterocycles. The smallest absolute Gasteiger partial charge is 0.231 e. The third kappa shape index (κ3) is 3.16. The van der Waals surface area contributed by atoms with Gasteiger partial charge in [0.15, 0.2) is 11.5 Å². The molecule has 0 atom stereocenters. The minimum Gasteiger partial charge on any atom is -0.486 e. The van der Waals surface area contributed by atoms with Gasteiger partial charge in [0.05, 0.1) is 11.1 Å². The number of ether oxygens (including phenoxy) is 2. The Balaban J connectivity index is 2.26. The van der Waals surface area contributed by atoms with Crippen molar-refractivity contribution in [1.29, 1.82) is 0 Å². The van der Waals surface area contributed by atoms with Crippen LogP contribution in [0, 0.1) is 5.41 Å². The van der Waals surface area contributed by atoms with Crippen molar-refractivity contribution < 1.29 is 14.3 Å². The third-order valence-electron chi connectivity index (χ3n) is 4.06. The van der Waals surface area contributed by atoms with Crippen LogP contribution in [0.3, 0.4) is 0 Å². The third-order valence-corrected chi connectivity index (χ3v) is 4.71. The Morgan fingerprint density at radius 3 is 2.24 bits per heavy atom. The molecule has 0 saturated carbocycles. The summed E-state index contributed by atoms with van der Waals surface area (Å²) in [5.74, 6) is 1.15. The molecule has 1 amide bonds. The maximum Gasteiger partial charge on any atom is 0.231 e. The monoisotopic (exact) mass is 356 g/mol. The minimum absolute atomic E-state index is 0.146. The highest BCUT2D eigenvalue weighted by molar-refractivity contribution is 9.10. The van der Waals surface area contributed by atoms with Gasteiger partial charge in [-0.1, -0.05) is 0 Å². The number of nitrogens with one attached hydrogen (secondary N) is 1. The van der Waals surface area contributed by atoms with Crippen LogP contribution in [-0.2, 0) is 4.79 Å². The van der Waals surface area contributed by atoms with Crippen molar-refractivity contribution in [2.45, 2.75) is 33.2 Å². The molecule has 1 aromatic rings. The van der Waals surface area contributed by atoms with Crippen LogP contribution in [0.1, 0.15) is 27.7 Å². The van der Waals surface area contributed by atoms with Crippen LogP contribution in [0.25, 0.3) is 0 Å². The summed E-state index contributed by atoms with van der Waals surface area (Å²) in [6, 6.07) is 3.56. The Labute approximate surface area is 133 Å². The Morgan fingerprint density at radius 1 is 1.19 bits per heavy atom. The summed E-state index contributed by atoms with van der Waals surface area (Å²) in [4.78, 5) is 12.5. The fourth-order valence-corrected chi connectivity index (χ4v) is 2.15.